The molecule has 2 heterocycles. The number of hydrogen-bond donors (Lipinski definition) is 1. The predicted molar refractivity (Wildman–Crippen MR) is 106 cm³/mol. The van der Waals surface area contributed by atoms with Crippen LogP contribution in [0.1, 0.15) is 37.4 Å². The highest BCUT2D eigenvalue weighted by Gasteiger charge is 2.30. The predicted octanol–water partition coefficient (Wildman–Crippen LogP) is 2.65. The van der Waals surface area contributed by atoms with Crippen molar-refractivity contribution in [1.29, 1.82) is 0 Å². The van der Waals surface area contributed by atoms with Crippen molar-refractivity contribution in [2.45, 2.75) is 37.8 Å². The SMILES string of the molecule is Cn1cc(C(CN)N2CCN(C3CCCC3)CC2)nc1-c1ccccc1. The number of nitrogens with two attached hydrogens (primary N) is 1. The Hall–Kier alpha value is -1.69. The summed E-state index contributed by atoms with van der Waals surface area (Å²) in [4.78, 5) is 10.2. The third kappa shape index (κ3) is 3.56. The molecule has 1 saturated heterocycles. The maximum atomic E-state index is 6.19. The lowest BCUT2D eigenvalue weighted by atomic mass is 10.1. The summed E-state index contributed by atoms with van der Waals surface area (Å²) < 4.78 is 2.13. The van der Waals surface area contributed by atoms with Crippen LogP contribution in [0.4, 0.5) is 0 Å². The summed E-state index contributed by atoms with van der Waals surface area (Å²) in [5.74, 6) is 1.02. The Morgan fingerprint density at radius 2 is 1.77 bits per heavy atom. The fourth-order valence-corrected chi connectivity index (χ4v) is 4.65. The normalized spacial score (nSPS) is 21.3. The molecule has 1 aliphatic heterocycles. The molecule has 0 radical (unpaired) electrons. The molecule has 1 atom stereocenters. The van der Waals surface area contributed by atoms with Gasteiger partial charge in [0.15, 0.2) is 0 Å². The minimum atomic E-state index is 0.212. The summed E-state index contributed by atoms with van der Waals surface area (Å²) >= 11 is 0. The molecule has 1 aliphatic carbocycles. The molecular formula is C21H31N5. The zero-order chi connectivity index (χ0) is 17.9. The Morgan fingerprint density at radius 3 is 2.42 bits per heavy atom. The molecule has 5 nitrogen and oxygen atoms in total. The Bertz CT molecular complexity index is 696. The molecule has 1 aromatic carbocycles. The van der Waals surface area contributed by atoms with Gasteiger partial charge in [-0.2, -0.15) is 0 Å². The molecule has 1 aromatic heterocycles. The Kier molecular flexibility index (Phi) is 5.38. The van der Waals surface area contributed by atoms with Crippen LogP contribution in [0.15, 0.2) is 36.5 Å². The van der Waals surface area contributed by atoms with Crippen LogP contribution in [0.25, 0.3) is 11.4 Å². The molecule has 140 valence electrons. The summed E-state index contributed by atoms with van der Waals surface area (Å²) in [6, 6.07) is 11.4. The van der Waals surface area contributed by atoms with Gasteiger partial charge >= 0.3 is 0 Å². The highest BCUT2D eigenvalue weighted by atomic mass is 15.3. The van der Waals surface area contributed by atoms with Crippen molar-refractivity contribution in [3.63, 3.8) is 0 Å². The lowest BCUT2D eigenvalue weighted by molar-refractivity contribution is 0.0711. The average Bonchev–Trinajstić information content (AvgIpc) is 3.34. The number of hydrogen-bond acceptors (Lipinski definition) is 4. The van der Waals surface area contributed by atoms with Crippen molar-refractivity contribution in [1.82, 2.24) is 19.4 Å². The minimum absolute atomic E-state index is 0.212. The van der Waals surface area contributed by atoms with Crippen molar-refractivity contribution in [2.24, 2.45) is 12.8 Å². The van der Waals surface area contributed by atoms with Crippen LogP contribution < -0.4 is 5.73 Å². The van der Waals surface area contributed by atoms with E-state index < -0.39 is 0 Å². The van der Waals surface area contributed by atoms with Gasteiger partial charge in [0, 0.05) is 57.6 Å². The molecule has 0 spiro atoms. The number of aromatic nitrogens is 2. The second-order valence-corrected chi connectivity index (χ2v) is 7.73. The minimum Gasteiger partial charge on any atom is -0.334 e. The first-order valence-corrected chi connectivity index (χ1v) is 10.0. The molecule has 1 saturated carbocycles. The number of nitrogens with zero attached hydrogens (tertiary/aromatic N) is 4. The fraction of sp³-hybridized carbons (Fsp3) is 0.571. The van der Waals surface area contributed by atoms with E-state index in [1.807, 2.05) is 6.07 Å². The van der Waals surface area contributed by atoms with Gasteiger partial charge in [-0.25, -0.2) is 4.98 Å². The van der Waals surface area contributed by atoms with E-state index in [1.54, 1.807) is 0 Å². The van der Waals surface area contributed by atoms with Gasteiger partial charge in [0.1, 0.15) is 5.82 Å². The molecule has 1 unspecified atom stereocenters. The Morgan fingerprint density at radius 1 is 1.08 bits per heavy atom. The molecule has 0 amide bonds. The topological polar surface area (TPSA) is 50.3 Å². The summed E-state index contributed by atoms with van der Waals surface area (Å²) in [7, 11) is 2.07. The molecule has 2 aromatic rings. The zero-order valence-electron chi connectivity index (χ0n) is 15.8. The summed E-state index contributed by atoms with van der Waals surface area (Å²) in [5, 5.41) is 0. The molecule has 0 bridgehead atoms. The molecule has 2 aliphatic rings. The van der Waals surface area contributed by atoms with Crippen molar-refractivity contribution in [3.8, 4) is 11.4 Å². The van der Waals surface area contributed by atoms with E-state index in [-0.39, 0.29) is 6.04 Å². The molecular weight excluding hydrogens is 322 g/mol. The van der Waals surface area contributed by atoms with Gasteiger partial charge in [0.05, 0.1) is 11.7 Å². The molecule has 2 fully saturated rings. The Balaban J connectivity index is 1.46. The van der Waals surface area contributed by atoms with Gasteiger partial charge in [-0.3, -0.25) is 9.80 Å². The van der Waals surface area contributed by atoms with E-state index in [9.17, 15) is 0 Å². The van der Waals surface area contributed by atoms with E-state index in [0.29, 0.717) is 6.54 Å². The second-order valence-electron chi connectivity index (χ2n) is 7.73. The number of benzene rings is 1. The maximum absolute atomic E-state index is 6.19. The second kappa shape index (κ2) is 7.91. The van der Waals surface area contributed by atoms with Crippen LogP contribution >= 0.6 is 0 Å². The number of rotatable bonds is 5. The van der Waals surface area contributed by atoms with Crippen LogP contribution in [-0.2, 0) is 7.05 Å². The standard InChI is InChI=1S/C21H31N5/c1-24-16-19(23-21(24)17-7-3-2-4-8-17)20(15-22)26-13-11-25(12-14-26)18-9-5-6-10-18/h2-4,7-8,16,18,20H,5-6,9-15,22H2,1H3. The first-order chi connectivity index (χ1) is 12.8. The van der Waals surface area contributed by atoms with Crippen molar-refractivity contribution < 1.29 is 0 Å². The quantitative estimate of drug-likeness (QED) is 0.898. The third-order valence-electron chi connectivity index (χ3n) is 6.12. The van der Waals surface area contributed by atoms with E-state index >= 15 is 0 Å². The van der Waals surface area contributed by atoms with E-state index in [2.05, 4.69) is 51.9 Å². The van der Waals surface area contributed by atoms with Crippen LogP contribution in [-0.4, -0.2) is 58.1 Å². The van der Waals surface area contributed by atoms with Crippen molar-refractivity contribution >= 4 is 0 Å². The van der Waals surface area contributed by atoms with Crippen molar-refractivity contribution in [2.75, 3.05) is 32.7 Å². The van der Waals surface area contributed by atoms with Crippen LogP contribution in [0.3, 0.4) is 0 Å². The highest BCUT2D eigenvalue weighted by Crippen LogP contribution is 2.28. The van der Waals surface area contributed by atoms with E-state index in [0.717, 1.165) is 36.2 Å². The zero-order valence-corrected chi connectivity index (χ0v) is 15.8. The van der Waals surface area contributed by atoms with Crippen LogP contribution in [0.2, 0.25) is 0 Å². The average molecular weight is 354 g/mol. The summed E-state index contributed by atoms with van der Waals surface area (Å²) in [6.45, 7) is 5.14. The first-order valence-electron chi connectivity index (χ1n) is 10.0. The number of piperazine rings is 1. The highest BCUT2D eigenvalue weighted by molar-refractivity contribution is 5.55. The lowest BCUT2D eigenvalue weighted by Crippen LogP contribution is -2.51. The maximum Gasteiger partial charge on any atom is 0.140 e. The van der Waals surface area contributed by atoms with Crippen LogP contribution in [0.5, 0.6) is 0 Å². The number of aryl methyl sites for hydroxylation is 1. The third-order valence-corrected chi connectivity index (χ3v) is 6.12. The van der Waals surface area contributed by atoms with Gasteiger partial charge in [-0.05, 0) is 12.8 Å². The van der Waals surface area contributed by atoms with E-state index in [1.165, 1.54) is 38.8 Å². The van der Waals surface area contributed by atoms with Gasteiger partial charge in [0.25, 0.3) is 0 Å². The van der Waals surface area contributed by atoms with Crippen molar-refractivity contribution in [3.05, 3.63) is 42.2 Å². The smallest absolute Gasteiger partial charge is 0.140 e. The summed E-state index contributed by atoms with van der Waals surface area (Å²) in [5.41, 5.74) is 8.44. The van der Waals surface area contributed by atoms with Gasteiger partial charge in [0.2, 0.25) is 0 Å². The van der Waals surface area contributed by atoms with Crippen LogP contribution in [0, 0.1) is 0 Å². The summed E-state index contributed by atoms with van der Waals surface area (Å²) in [6.07, 6.45) is 7.75. The lowest BCUT2D eigenvalue weighted by Gasteiger charge is -2.40. The molecule has 2 N–H and O–H groups in total. The fourth-order valence-electron chi connectivity index (χ4n) is 4.65. The molecule has 4 rings (SSSR count). The Labute approximate surface area is 156 Å². The first kappa shape index (κ1) is 17.7. The van der Waals surface area contributed by atoms with E-state index in [4.69, 9.17) is 10.7 Å². The van der Waals surface area contributed by atoms with Gasteiger partial charge in [-0.15, -0.1) is 0 Å². The molecule has 26 heavy (non-hydrogen) atoms. The monoisotopic (exact) mass is 353 g/mol. The molecule has 5 heteroatoms. The largest absolute Gasteiger partial charge is 0.334 e. The van der Waals surface area contributed by atoms with Gasteiger partial charge in [-0.1, -0.05) is 43.2 Å². The number of imidazole rings is 1. The van der Waals surface area contributed by atoms with Gasteiger partial charge < -0.3 is 10.3 Å².